The van der Waals surface area contributed by atoms with E-state index >= 15 is 0 Å². The molecule has 1 aliphatic carbocycles. The molecule has 6 heteroatoms. The molecule has 0 aliphatic heterocycles. The Labute approximate surface area is 104 Å². The molecule has 0 aromatic heterocycles. The first-order chi connectivity index (χ1) is 8.12. The van der Waals surface area contributed by atoms with Gasteiger partial charge in [-0.05, 0) is 25.8 Å². The van der Waals surface area contributed by atoms with E-state index in [0.717, 1.165) is 25.7 Å². The van der Waals surface area contributed by atoms with Crippen molar-refractivity contribution in [2.75, 3.05) is 33.4 Å². The zero-order valence-corrected chi connectivity index (χ0v) is 11.4. The molecule has 1 aliphatic rings. The maximum Gasteiger partial charge on any atom is 0.217 e. The molecule has 0 aromatic rings. The van der Waals surface area contributed by atoms with Crippen LogP contribution in [0.2, 0.25) is 0 Å². The molecule has 1 saturated carbocycles. The summed E-state index contributed by atoms with van der Waals surface area (Å²) in [6.45, 7) is 1.91. The minimum absolute atomic E-state index is 0.183. The highest BCUT2D eigenvalue weighted by Gasteiger charge is 2.33. The Balaban J connectivity index is 2.64. The SMILES string of the molecule is COCCN(CCCN)S(=O)(=O)C1CCCC1. The van der Waals surface area contributed by atoms with E-state index in [2.05, 4.69) is 0 Å². The molecule has 0 saturated heterocycles. The van der Waals surface area contributed by atoms with Gasteiger partial charge in [-0.25, -0.2) is 8.42 Å². The number of sulfonamides is 1. The van der Waals surface area contributed by atoms with Gasteiger partial charge in [0, 0.05) is 20.2 Å². The second kappa shape index (κ2) is 7.31. The van der Waals surface area contributed by atoms with Crippen molar-refractivity contribution in [3.8, 4) is 0 Å². The number of hydrogen-bond donors (Lipinski definition) is 1. The summed E-state index contributed by atoms with van der Waals surface area (Å²) in [5.41, 5.74) is 5.45. The van der Waals surface area contributed by atoms with Crippen LogP contribution in [0.1, 0.15) is 32.1 Å². The summed E-state index contributed by atoms with van der Waals surface area (Å²) in [6, 6.07) is 0. The maximum absolute atomic E-state index is 12.4. The van der Waals surface area contributed by atoms with Gasteiger partial charge in [0.05, 0.1) is 11.9 Å². The van der Waals surface area contributed by atoms with E-state index in [1.807, 2.05) is 0 Å². The van der Waals surface area contributed by atoms with E-state index < -0.39 is 10.0 Å². The van der Waals surface area contributed by atoms with Crippen molar-refractivity contribution in [3.05, 3.63) is 0 Å². The molecule has 5 nitrogen and oxygen atoms in total. The number of ether oxygens (including phenoxy) is 1. The van der Waals surface area contributed by atoms with Gasteiger partial charge >= 0.3 is 0 Å². The Morgan fingerprint density at radius 1 is 1.29 bits per heavy atom. The fourth-order valence-electron chi connectivity index (χ4n) is 2.22. The van der Waals surface area contributed by atoms with Gasteiger partial charge in [-0.1, -0.05) is 12.8 Å². The predicted octanol–water partition coefficient (Wildman–Crippen LogP) is 0.556. The minimum atomic E-state index is -3.15. The van der Waals surface area contributed by atoms with Gasteiger partial charge in [-0.2, -0.15) is 4.31 Å². The Bertz CT molecular complexity index is 292. The normalized spacial score (nSPS) is 18.1. The van der Waals surface area contributed by atoms with Crippen molar-refractivity contribution in [3.63, 3.8) is 0 Å². The molecule has 0 bridgehead atoms. The third-order valence-corrected chi connectivity index (χ3v) is 5.64. The van der Waals surface area contributed by atoms with Crippen LogP contribution in [0.4, 0.5) is 0 Å². The Morgan fingerprint density at radius 3 is 2.47 bits per heavy atom. The second-order valence-corrected chi connectivity index (χ2v) is 6.70. The first kappa shape index (κ1) is 14.9. The molecule has 0 unspecified atom stereocenters. The lowest BCUT2D eigenvalue weighted by molar-refractivity contribution is 0.178. The molecule has 0 amide bonds. The number of nitrogens with zero attached hydrogens (tertiary/aromatic N) is 1. The van der Waals surface area contributed by atoms with Crippen LogP contribution in [0.15, 0.2) is 0 Å². The number of nitrogens with two attached hydrogens (primary N) is 1. The van der Waals surface area contributed by atoms with E-state index in [1.54, 1.807) is 11.4 Å². The molecule has 0 spiro atoms. The topological polar surface area (TPSA) is 72.6 Å². The lowest BCUT2D eigenvalue weighted by Crippen LogP contribution is -2.40. The fraction of sp³-hybridized carbons (Fsp3) is 1.00. The standard InChI is InChI=1S/C11H24N2O3S/c1-16-10-9-13(8-4-7-12)17(14,15)11-5-2-3-6-11/h11H,2-10,12H2,1H3. The first-order valence-electron chi connectivity index (χ1n) is 6.31. The second-order valence-electron chi connectivity index (χ2n) is 4.49. The van der Waals surface area contributed by atoms with Crippen LogP contribution in [0.3, 0.4) is 0 Å². The van der Waals surface area contributed by atoms with E-state index in [9.17, 15) is 8.42 Å². The van der Waals surface area contributed by atoms with Crippen LogP contribution < -0.4 is 5.73 Å². The van der Waals surface area contributed by atoms with E-state index in [-0.39, 0.29) is 5.25 Å². The number of methoxy groups -OCH3 is 1. The largest absolute Gasteiger partial charge is 0.383 e. The van der Waals surface area contributed by atoms with Crippen LogP contribution in [0.25, 0.3) is 0 Å². The summed E-state index contributed by atoms with van der Waals surface area (Å²) >= 11 is 0. The predicted molar refractivity (Wildman–Crippen MR) is 68.3 cm³/mol. The first-order valence-corrected chi connectivity index (χ1v) is 7.81. The maximum atomic E-state index is 12.4. The lowest BCUT2D eigenvalue weighted by Gasteiger charge is -2.25. The quantitative estimate of drug-likeness (QED) is 0.695. The number of hydrogen-bond acceptors (Lipinski definition) is 4. The van der Waals surface area contributed by atoms with Gasteiger partial charge in [0.1, 0.15) is 0 Å². The summed E-state index contributed by atoms with van der Waals surface area (Å²) in [7, 11) is -1.56. The summed E-state index contributed by atoms with van der Waals surface area (Å²) in [5, 5.41) is -0.183. The van der Waals surface area contributed by atoms with Gasteiger partial charge in [-0.3, -0.25) is 0 Å². The van der Waals surface area contributed by atoms with Gasteiger partial charge < -0.3 is 10.5 Å². The smallest absolute Gasteiger partial charge is 0.217 e. The van der Waals surface area contributed by atoms with Gasteiger partial charge in [0.15, 0.2) is 0 Å². The average Bonchev–Trinajstić information content (AvgIpc) is 2.83. The van der Waals surface area contributed by atoms with E-state index in [0.29, 0.717) is 32.7 Å². The van der Waals surface area contributed by atoms with E-state index in [1.165, 1.54) is 0 Å². The van der Waals surface area contributed by atoms with Crippen molar-refractivity contribution in [2.24, 2.45) is 5.73 Å². The summed E-state index contributed by atoms with van der Waals surface area (Å²) in [4.78, 5) is 0. The highest BCUT2D eigenvalue weighted by atomic mass is 32.2. The van der Waals surface area contributed by atoms with Gasteiger partial charge in [0.2, 0.25) is 10.0 Å². The van der Waals surface area contributed by atoms with Crippen LogP contribution in [-0.4, -0.2) is 51.3 Å². The molecule has 0 aromatic carbocycles. The highest BCUT2D eigenvalue weighted by Crippen LogP contribution is 2.27. The molecular formula is C11H24N2O3S. The van der Waals surface area contributed by atoms with Crippen molar-refractivity contribution in [2.45, 2.75) is 37.4 Å². The summed E-state index contributed by atoms with van der Waals surface area (Å²) < 4.78 is 31.3. The fourth-order valence-corrected chi connectivity index (χ4v) is 4.29. The molecule has 0 heterocycles. The van der Waals surface area contributed by atoms with Gasteiger partial charge in [0.25, 0.3) is 0 Å². The van der Waals surface area contributed by atoms with Crippen LogP contribution in [-0.2, 0) is 14.8 Å². The monoisotopic (exact) mass is 264 g/mol. The third kappa shape index (κ3) is 4.21. The minimum Gasteiger partial charge on any atom is -0.383 e. The Kier molecular flexibility index (Phi) is 6.40. The van der Waals surface area contributed by atoms with Crippen LogP contribution >= 0.6 is 0 Å². The molecule has 0 radical (unpaired) electrons. The molecule has 1 fully saturated rings. The third-order valence-electron chi connectivity index (χ3n) is 3.24. The summed E-state index contributed by atoms with van der Waals surface area (Å²) in [6.07, 6.45) is 4.36. The Hall–Kier alpha value is -0.170. The van der Waals surface area contributed by atoms with Crippen LogP contribution in [0.5, 0.6) is 0 Å². The molecule has 17 heavy (non-hydrogen) atoms. The molecule has 2 N–H and O–H groups in total. The summed E-state index contributed by atoms with van der Waals surface area (Å²) in [5.74, 6) is 0. The van der Waals surface area contributed by atoms with E-state index in [4.69, 9.17) is 10.5 Å². The van der Waals surface area contributed by atoms with Gasteiger partial charge in [-0.15, -0.1) is 0 Å². The zero-order chi connectivity index (χ0) is 12.7. The van der Waals surface area contributed by atoms with Crippen molar-refractivity contribution in [1.29, 1.82) is 0 Å². The average molecular weight is 264 g/mol. The van der Waals surface area contributed by atoms with Crippen LogP contribution in [0, 0.1) is 0 Å². The molecule has 102 valence electrons. The highest BCUT2D eigenvalue weighted by molar-refractivity contribution is 7.89. The Morgan fingerprint density at radius 2 is 1.94 bits per heavy atom. The van der Waals surface area contributed by atoms with Crippen molar-refractivity contribution < 1.29 is 13.2 Å². The molecular weight excluding hydrogens is 240 g/mol. The van der Waals surface area contributed by atoms with Crippen molar-refractivity contribution >= 4 is 10.0 Å². The zero-order valence-electron chi connectivity index (χ0n) is 10.6. The molecule has 0 atom stereocenters. The number of rotatable bonds is 8. The lowest BCUT2D eigenvalue weighted by atomic mass is 10.4. The molecule has 1 rings (SSSR count). The van der Waals surface area contributed by atoms with Crippen molar-refractivity contribution in [1.82, 2.24) is 4.31 Å².